The lowest BCUT2D eigenvalue weighted by Gasteiger charge is -2.09. The van der Waals surface area contributed by atoms with E-state index >= 15 is 0 Å². The van der Waals surface area contributed by atoms with Gasteiger partial charge in [-0.2, -0.15) is 5.10 Å². The van der Waals surface area contributed by atoms with Crippen LogP contribution < -0.4 is 5.32 Å². The molecule has 1 aliphatic rings. The predicted octanol–water partition coefficient (Wildman–Crippen LogP) is 3.03. The molecule has 2 heterocycles. The lowest BCUT2D eigenvalue weighted by molar-refractivity contribution is -0.138. The maximum atomic E-state index is 12.9. The quantitative estimate of drug-likeness (QED) is 0.742. The molecule has 0 bridgehead atoms. The van der Waals surface area contributed by atoms with Crippen LogP contribution in [0.4, 0.5) is 5.69 Å². The van der Waals surface area contributed by atoms with Crippen LogP contribution in [0.3, 0.4) is 0 Å². The zero-order valence-electron chi connectivity index (χ0n) is 15.4. The van der Waals surface area contributed by atoms with Gasteiger partial charge in [-0.05, 0) is 49.9 Å². The average Bonchev–Trinajstić information content (AvgIpc) is 3.37. The molecule has 1 aromatic carbocycles. The van der Waals surface area contributed by atoms with E-state index in [1.807, 2.05) is 45.2 Å². The zero-order valence-corrected chi connectivity index (χ0v) is 15.4. The third kappa shape index (κ3) is 3.05. The summed E-state index contributed by atoms with van der Waals surface area (Å²) in [6, 6.07) is 9.15. The number of rotatable bonds is 4. The molecule has 1 aliphatic carbocycles. The molecule has 3 aromatic rings. The van der Waals surface area contributed by atoms with Crippen molar-refractivity contribution in [2.45, 2.75) is 26.2 Å². The molecule has 7 nitrogen and oxygen atoms in total. The molecule has 7 heteroatoms. The molecular weight excluding hydrogens is 344 g/mol. The van der Waals surface area contributed by atoms with Crippen molar-refractivity contribution >= 4 is 28.6 Å². The molecule has 0 spiro atoms. The molecule has 2 atom stereocenters. The van der Waals surface area contributed by atoms with Crippen LogP contribution in [0.1, 0.15) is 39.6 Å². The summed E-state index contributed by atoms with van der Waals surface area (Å²) in [5.41, 5.74) is 4.39. The fourth-order valence-electron chi connectivity index (χ4n) is 3.60. The van der Waals surface area contributed by atoms with Crippen LogP contribution in [-0.4, -0.2) is 31.7 Å². The molecule has 0 radical (unpaired) electrons. The van der Waals surface area contributed by atoms with Crippen LogP contribution in [0, 0.1) is 19.8 Å². The summed E-state index contributed by atoms with van der Waals surface area (Å²) in [7, 11) is 1.81. The Hall–Kier alpha value is -3.22. The number of amides is 1. The van der Waals surface area contributed by atoms with E-state index in [1.165, 1.54) is 0 Å². The first kappa shape index (κ1) is 17.2. The third-order valence-corrected chi connectivity index (χ3v) is 5.05. The van der Waals surface area contributed by atoms with Crippen LogP contribution in [0.2, 0.25) is 0 Å². The number of hydrogen-bond donors (Lipinski definition) is 2. The van der Waals surface area contributed by atoms with E-state index in [4.69, 9.17) is 5.11 Å². The van der Waals surface area contributed by atoms with Gasteiger partial charge in [-0.3, -0.25) is 14.3 Å². The Morgan fingerprint density at radius 1 is 1.22 bits per heavy atom. The fourth-order valence-corrected chi connectivity index (χ4v) is 3.60. The Bertz CT molecular complexity index is 1070. The molecular formula is C20H20N4O3. The van der Waals surface area contributed by atoms with Crippen LogP contribution in [0.15, 0.2) is 30.3 Å². The second-order valence-electron chi connectivity index (χ2n) is 7.08. The fraction of sp³-hybridized carbons (Fsp3) is 0.300. The summed E-state index contributed by atoms with van der Waals surface area (Å²) in [4.78, 5) is 28.3. The van der Waals surface area contributed by atoms with Gasteiger partial charge in [0.1, 0.15) is 0 Å². The molecule has 138 valence electrons. The van der Waals surface area contributed by atoms with E-state index in [0.717, 1.165) is 22.3 Å². The average molecular weight is 364 g/mol. The molecule has 4 rings (SSSR count). The Labute approximate surface area is 156 Å². The first-order valence-corrected chi connectivity index (χ1v) is 8.80. The molecule has 0 unspecified atom stereocenters. The van der Waals surface area contributed by atoms with Gasteiger partial charge < -0.3 is 10.4 Å². The highest BCUT2D eigenvalue weighted by Crippen LogP contribution is 2.47. The number of aryl methyl sites for hydroxylation is 3. The number of carboxylic acid groups (broad SMARTS) is 1. The number of nitrogens with one attached hydrogen (secondary N) is 1. The lowest BCUT2D eigenvalue weighted by Crippen LogP contribution is -2.13. The van der Waals surface area contributed by atoms with Gasteiger partial charge in [0.2, 0.25) is 0 Å². The van der Waals surface area contributed by atoms with Crippen molar-refractivity contribution in [3.05, 3.63) is 52.8 Å². The smallest absolute Gasteiger partial charge is 0.307 e. The van der Waals surface area contributed by atoms with Gasteiger partial charge >= 0.3 is 5.97 Å². The number of aromatic nitrogens is 3. The Balaban J connectivity index is 1.58. The van der Waals surface area contributed by atoms with Crippen molar-refractivity contribution < 1.29 is 14.7 Å². The maximum Gasteiger partial charge on any atom is 0.307 e. The maximum absolute atomic E-state index is 12.9. The number of carboxylic acids is 1. The number of carbonyl (C=O) groups is 2. The molecule has 0 aliphatic heterocycles. The minimum absolute atomic E-state index is 0.0766. The first-order chi connectivity index (χ1) is 12.8. The van der Waals surface area contributed by atoms with Gasteiger partial charge in [0.15, 0.2) is 5.65 Å². The van der Waals surface area contributed by atoms with E-state index < -0.39 is 5.97 Å². The second-order valence-corrected chi connectivity index (χ2v) is 7.08. The minimum Gasteiger partial charge on any atom is -0.481 e. The molecule has 1 saturated carbocycles. The molecule has 1 fully saturated rings. The van der Waals surface area contributed by atoms with E-state index in [2.05, 4.69) is 15.4 Å². The number of carbonyl (C=O) groups excluding carboxylic acids is 1. The zero-order chi connectivity index (χ0) is 19.3. The highest BCUT2D eigenvalue weighted by molar-refractivity contribution is 6.12. The predicted molar refractivity (Wildman–Crippen MR) is 101 cm³/mol. The highest BCUT2D eigenvalue weighted by Gasteiger charge is 2.44. The standard InChI is InChI=1S/C20H20N4O3/c1-10-8-16(17-11(2)23-24(3)18(17)21-10)19(25)22-13-6-4-12(5-7-13)14-9-15(14)20(26)27/h4-8,14-15H,9H2,1-3H3,(H,22,25)(H,26,27)/t14-,15+/m0/s1. The SMILES string of the molecule is Cc1cc(C(=O)Nc2ccc([C@@H]3C[C@H]3C(=O)O)cc2)c2c(C)nn(C)c2n1. The number of pyridine rings is 1. The summed E-state index contributed by atoms with van der Waals surface area (Å²) in [6.07, 6.45) is 0.676. The van der Waals surface area contributed by atoms with Gasteiger partial charge in [-0.25, -0.2) is 4.98 Å². The topological polar surface area (TPSA) is 97.1 Å². The van der Waals surface area contributed by atoms with Gasteiger partial charge in [-0.1, -0.05) is 12.1 Å². The number of fused-ring (bicyclic) bond motifs is 1. The van der Waals surface area contributed by atoms with Crippen molar-refractivity contribution in [1.29, 1.82) is 0 Å². The van der Waals surface area contributed by atoms with Crippen molar-refractivity contribution in [3.63, 3.8) is 0 Å². The Kier molecular flexibility index (Phi) is 3.95. The molecule has 2 N–H and O–H groups in total. The van der Waals surface area contributed by atoms with E-state index in [1.54, 1.807) is 10.7 Å². The minimum atomic E-state index is -0.749. The van der Waals surface area contributed by atoms with Gasteiger partial charge in [0.05, 0.1) is 22.6 Å². The van der Waals surface area contributed by atoms with Crippen LogP contribution >= 0.6 is 0 Å². The number of hydrogen-bond acceptors (Lipinski definition) is 4. The van der Waals surface area contributed by atoms with E-state index in [-0.39, 0.29) is 17.7 Å². The number of aliphatic carboxylic acids is 1. The third-order valence-electron chi connectivity index (χ3n) is 5.05. The molecule has 0 saturated heterocycles. The van der Waals surface area contributed by atoms with Crippen molar-refractivity contribution in [3.8, 4) is 0 Å². The largest absolute Gasteiger partial charge is 0.481 e. The van der Waals surface area contributed by atoms with Crippen molar-refractivity contribution in [2.75, 3.05) is 5.32 Å². The first-order valence-electron chi connectivity index (χ1n) is 8.80. The Morgan fingerprint density at radius 2 is 1.93 bits per heavy atom. The van der Waals surface area contributed by atoms with E-state index in [0.29, 0.717) is 23.3 Å². The number of anilines is 1. The summed E-state index contributed by atoms with van der Waals surface area (Å²) in [5.74, 6) is -1.18. The normalized spacial score (nSPS) is 18.5. The van der Waals surface area contributed by atoms with Crippen molar-refractivity contribution in [2.24, 2.45) is 13.0 Å². The highest BCUT2D eigenvalue weighted by atomic mass is 16.4. The summed E-state index contributed by atoms with van der Waals surface area (Å²) < 4.78 is 1.68. The molecule has 2 aromatic heterocycles. The van der Waals surface area contributed by atoms with Crippen molar-refractivity contribution in [1.82, 2.24) is 14.8 Å². The summed E-state index contributed by atoms with van der Waals surface area (Å²) >= 11 is 0. The number of nitrogens with zero attached hydrogens (tertiary/aromatic N) is 3. The van der Waals surface area contributed by atoms with Gasteiger partial charge in [0, 0.05) is 18.4 Å². The van der Waals surface area contributed by atoms with Gasteiger partial charge in [-0.15, -0.1) is 0 Å². The summed E-state index contributed by atoms with van der Waals surface area (Å²) in [5, 5.41) is 17.1. The van der Waals surface area contributed by atoms with E-state index in [9.17, 15) is 9.59 Å². The van der Waals surface area contributed by atoms with Crippen LogP contribution in [0.25, 0.3) is 11.0 Å². The van der Waals surface area contributed by atoms with Crippen LogP contribution in [-0.2, 0) is 11.8 Å². The lowest BCUT2D eigenvalue weighted by atomic mass is 10.1. The Morgan fingerprint density at radius 3 is 2.56 bits per heavy atom. The van der Waals surface area contributed by atoms with Gasteiger partial charge in [0.25, 0.3) is 5.91 Å². The monoisotopic (exact) mass is 364 g/mol. The second kappa shape index (κ2) is 6.19. The summed E-state index contributed by atoms with van der Waals surface area (Å²) in [6.45, 7) is 3.71. The molecule has 27 heavy (non-hydrogen) atoms. The molecule has 1 amide bonds. The van der Waals surface area contributed by atoms with Crippen LogP contribution in [0.5, 0.6) is 0 Å². The number of benzene rings is 1.